The Kier molecular flexibility index (Phi) is 3.34. The summed E-state index contributed by atoms with van der Waals surface area (Å²) in [6, 6.07) is 1.11. The number of carbonyl (C=O) groups is 1. The summed E-state index contributed by atoms with van der Waals surface area (Å²) in [6.45, 7) is 3.41. The number of fused-ring (bicyclic) bond motifs is 1. The maximum Gasteiger partial charge on any atom is 0.237 e. The molecule has 3 heterocycles. The highest BCUT2D eigenvalue weighted by Gasteiger charge is 2.38. The van der Waals surface area contributed by atoms with Crippen LogP contribution in [0.5, 0.6) is 0 Å². The summed E-state index contributed by atoms with van der Waals surface area (Å²) in [6.07, 6.45) is 7.12. The zero-order valence-electron chi connectivity index (χ0n) is 10.5. The van der Waals surface area contributed by atoms with E-state index in [-0.39, 0.29) is 11.9 Å². The predicted molar refractivity (Wildman–Crippen MR) is 66.8 cm³/mol. The van der Waals surface area contributed by atoms with Gasteiger partial charge in [0, 0.05) is 18.6 Å². The molecule has 2 unspecified atom stereocenters. The molecule has 17 heavy (non-hydrogen) atoms. The van der Waals surface area contributed by atoms with Crippen LogP contribution in [0.4, 0.5) is 0 Å². The van der Waals surface area contributed by atoms with E-state index in [1.165, 1.54) is 38.8 Å². The minimum Gasteiger partial charge on any atom is -0.350 e. The zero-order valence-corrected chi connectivity index (χ0v) is 10.5. The monoisotopic (exact) mass is 237 g/mol. The maximum absolute atomic E-state index is 12.2. The van der Waals surface area contributed by atoms with Crippen molar-refractivity contribution in [1.29, 1.82) is 0 Å². The summed E-state index contributed by atoms with van der Waals surface area (Å²) in [5.74, 6) is 0.239. The Morgan fingerprint density at radius 3 is 2.88 bits per heavy atom. The molecule has 3 aliphatic rings. The van der Waals surface area contributed by atoms with Crippen LogP contribution >= 0.6 is 0 Å². The molecule has 3 rings (SSSR count). The average Bonchev–Trinajstić information content (AvgIpc) is 2.95. The number of carbonyl (C=O) groups excluding carboxylic acids is 1. The minimum atomic E-state index is 0.0687. The fourth-order valence-corrected chi connectivity index (χ4v) is 3.61. The molecule has 0 saturated carbocycles. The fourth-order valence-electron chi connectivity index (χ4n) is 3.61. The van der Waals surface area contributed by atoms with Gasteiger partial charge in [0.2, 0.25) is 5.91 Å². The minimum absolute atomic E-state index is 0.0687. The first kappa shape index (κ1) is 11.5. The highest BCUT2D eigenvalue weighted by atomic mass is 16.2. The van der Waals surface area contributed by atoms with E-state index in [2.05, 4.69) is 15.5 Å². The van der Waals surface area contributed by atoms with Crippen molar-refractivity contribution in [3.8, 4) is 0 Å². The van der Waals surface area contributed by atoms with Gasteiger partial charge in [0.25, 0.3) is 0 Å². The highest BCUT2D eigenvalue weighted by molar-refractivity contribution is 5.82. The Balaban J connectivity index is 1.54. The maximum atomic E-state index is 12.2. The number of hydrogen-bond donors (Lipinski definition) is 2. The Bertz CT molecular complexity index is 288. The Labute approximate surface area is 103 Å². The van der Waals surface area contributed by atoms with Crippen molar-refractivity contribution >= 4 is 5.91 Å². The van der Waals surface area contributed by atoms with E-state index < -0.39 is 0 Å². The lowest BCUT2D eigenvalue weighted by Crippen LogP contribution is -2.51. The van der Waals surface area contributed by atoms with Crippen LogP contribution in [0.25, 0.3) is 0 Å². The van der Waals surface area contributed by atoms with Gasteiger partial charge in [-0.25, -0.2) is 0 Å². The molecule has 3 saturated heterocycles. The predicted octanol–water partition coefficient (Wildman–Crippen LogP) is 0.481. The molecule has 0 radical (unpaired) electrons. The van der Waals surface area contributed by atoms with Crippen LogP contribution < -0.4 is 10.6 Å². The average molecular weight is 237 g/mol. The molecule has 2 N–H and O–H groups in total. The fraction of sp³-hybridized carbons (Fsp3) is 0.923. The molecule has 1 amide bonds. The summed E-state index contributed by atoms with van der Waals surface area (Å²) >= 11 is 0. The largest absolute Gasteiger partial charge is 0.350 e. The first-order chi connectivity index (χ1) is 8.34. The van der Waals surface area contributed by atoms with Gasteiger partial charge in [-0.05, 0) is 45.2 Å². The lowest BCUT2D eigenvalue weighted by Gasteiger charge is -2.26. The van der Waals surface area contributed by atoms with Gasteiger partial charge in [0.05, 0.1) is 6.04 Å². The Hall–Kier alpha value is -0.610. The van der Waals surface area contributed by atoms with Crippen LogP contribution in [-0.4, -0.2) is 48.6 Å². The van der Waals surface area contributed by atoms with Crippen molar-refractivity contribution < 1.29 is 4.79 Å². The lowest BCUT2D eigenvalue weighted by molar-refractivity contribution is -0.124. The van der Waals surface area contributed by atoms with Crippen LogP contribution in [0.3, 0.4) is 0 Å². The molecule has 0 bridgehead atoms. The number of hydrogen-bond acceptors (Lipinski definition) is 3. The van der Waals surface area contributed by atoms with Gasteiger partial charge >= 0.3 is 0 Å². The second-order valence-corrected chi connectivity index (χ2v) is 5.65. The molecule has 4 nitrogen and oxygen atoms in total. The number of nitrogens with one attached hydrogen (secondary N) is 2. The van der Waals surface area contributed by atoms with Crippen LogP contribution in [0.1, 0.15) is 38.5 Å². The number of rotatable bonds is 2. The summed E-state index contributed by atoms with van der Waals surface area (Å²) in [4.78, 5) is 14.7. The molecule has 3 atom stereocenters. The van der Waals surface area contributed by atoms with Crippen LogP contribution in [0, 0.1) is 0 Å². The molecule has 3 aliphatic heterocycles. The quantitative estimate of drug-likeness (QED) is 0.734. The van der Waals surface area contributed by atoms with E-state index in [0.29, 0.717) is 12.1 Å². The van der Waals surface area contributed by atoms with E-state index in [1.807, 2.05) is 0 Å². The molecule has 0 aromatic heterocycles. The zero-order chi connectivity index (χ0) is 11.7. The summed E-state index contributed by atoms with van der Waals surface area (Å²) in [5, 5.41) is 6.60. The van der Waals surface area contributed by atoms with Gasteiger partial charge in [-0.1, -0.05) is 6.42 Å². The summed E-state index contributed by atoms with van der Waals surface area (Å²) < 4.78 is 0. The first-order valence-electron chi connectivity index (χ1n) is 7.12. The second-order valence-electron chi connectivity index (χ2n) is 5.65. The van der Waals surface area contributed by atoms with Crippen molar-refractivity contribution in [2.24, 2.45) is 0 Å². The Morgan fingerprint density at radius 2 is 2.06 bits per heavy atom. The van der Waals surface area contributed by atoms with Crippen molar-refractivity contribution in [3.05, 3.63) is 0 Å². The van der Waals surface area contributed by atoms with Crippen LogP contribution in [0.15, 0.2) is 0 Å². The van der Waals surface area contributed by atoms with Gasteiger partial charge in [0.15, 0.2) is 0 Å². The van der Waals surface area contributed by atoms with Gasteiger partial charge < -0.3 is 10.6 Å². The molecule has 0 aliphatic carbocycles. The molecule has 3 fully saturated rings. The molecule has 4 heteroatoms. The number of piperidine rings is 1. The van der Waals surface area contributed by atoms with E-state index in [1.54, 1.807) is 0 Å². The van der Waals surface area contributed by atoms with Crippen LogP contribution in [-0.2, 0) is 4.79 Å². The van der Waals surface area contributed by atoms with E-state index >= 15 is 0 Å². The van der Waals surface area contributed by atoms with Crippen LogP contribution in [0.2, 0.25) is 0 Å². The first-order valence-corrected chi connectivity index (χ1v) is 7.12. The SMILES string of the molecule is O=C(NC1CCN2CCCC12)[C@@H]1CCCCN1. The van der Waals surface area contributed by atoms with Crippen molar-refractivity contribution in [1.82, 2.24) is 15.5 Å². The molecular formula is C13H23N3O. The highest BCUT2D eigenvalue weighted by Crippen LogP contribution is 2.28. The summed E-state index contributed by atoms with van der Waals surface area (Å²) in [7, 11) is 0. The molecule has 0 aromatic carbocycles. The third-order valence-electron chi connectivity index (χ3n) is 4.56. The van der Waals surface area contributed by atoms with Gasteiger partial charge in [-0.15, -0.1) is 0 Å². The molecule has 96 valence electrons. The van der Waals surface area contributed by atoms with Crippen molar-refractivity contribution in [2.75, 3.05) is 19.6 Å². The number of nitrogens with zero attached hydrogens (tertiary/aromatic N) is 1. The van der Waals surface area contributed by atoms with Gasteiger partial charge in [-0.3, -0.25) is 9.69 Å². The smallest absolute Gasteiger partial charge is 0.237 e. The third kappa shape index (κ3) is 2.33. The van der Waals surface area contributed by atoms with Gasteiger partial charge in [0.1, 0.15) is 0 Å². The van der Waals surface area contributed by atoms with E-state index in [9.17, 15) is 4.79 Å². The van der Waals surface area contributed by atoms with Crippen molar-refractivity contribution in [3.63, 3.8) is 0 Å². The normalized spacial score (nSPS) is 38.0. The van der Waals surface area contributed by atoms with Gasteiger partial charge in [-0.2, -0.15) is 0 Å². The summed E-state index contributed by atoms with van der Waals surface area (Å²) in [5.41, 5.74) is 0. The van der Waals surface area contributed by atoms with E-state index in [4.69, 9.17) is 0 Å². The third-order valence-corrected chi connectivity index (χ3v) is 4.56. The molecule has 0 aromatic rings. The molecular weight excluding hydrogens is 214 g/mol. The number of amides is 1. The standard InChI is InChI=1S/C13H23N3O/c17-13(11-4-1-2-7-14-11)15-10-6-9-16-8-3-5-12(10)16/h10-12,14H,1-9H2,(H,15,17)/t10?,11-,12?/m0/s1. The molecule has 0 spiro atoms. The van der Waals surface area contributed by atoms with E-state index in [0.717, 1.165) is 19.4 Å². The Morgan fingerprint density at radius 1 is 1.12 bits per heavy atom. The van der Waals surface area contributed by atoms with Crippen molar-refractivity contribution in [2.45, 2.75) is 56.7 Å². The topological polar surface area (TPSA) is 44.4 Å². The lowest BCUT2D eigenvalue weighted by atomic mass is 10.0. The second kappa shape index (κ2) is 4.94.